The predicted octanol–water partition coefficient (Wildman–Crippen LogP) is 1.51. The zero-order valence-corrected chi connectivity index (χ0v) is 11.4. The van der Waals surface area contributed by atoms with Gasteiger partial charge in [-0.05, 0) is 25.2 Å². The van der Waals surface area contributed by atoms with Gasteiger partial charge in [-0.2, -0.15) is 0 Å². The normalized spacial score (nSPS) is 13.9. The fourth-order valence-electron chi connectivity index (χ4n) is 1.76. The van der Waals surface area contributed by atoms with E-state index >= 15 is 0 Å². The summed E-state index contributed by atoms with van der Waals surface area (Å²) >= 11 is 0. The molecule has 0 aromatic heterocycles. The third-order valence-electron chi connectivity index (χ3n) is 2.92. The van der Waals surface area contributed by atoms with E-state index in [4.69, 9.17) is 10.8 Å². The summed E-state index contributed by atoms with van der Waals surface area (Å²) in [6.07, 6.45) is 3.87. The van der Waals surface area contributed by atoms with Gasteiger partial charge < -0.3 is 16.2 Å². The summed E-state index contributed by atoms with van der Waals surface area (Å²) < 4.78 is 0. The number of amides is 1. The molecule has 0 radical (unpaired) electrons. The van der Waals surface area contributed by atoms with Crippen LogP contribution in [0.1, 0.15) is 52.4 Å². The van der Waals surface area contributed by atoms with Gasteiger partial charge in [0.1, 0.15) is 0 Å². The maximum atomic E-state index is 11.5. The molecular formula is C13H26N2O3. The summed E-state index contributed by atoms with van der Waals surface area (Å²) in [5.41, 5.74) is 5.77. The van der Waals surface area contributed by atoms with Crippen molar-refractivity contribution in [3.63, 3.8) is 0 Å². The lowest BCUT2D eigenvalue weighted by atomic mass is 10.0. The lowest BCUT2D eigenvalue weighted by Crippen LogP contribution is -2.32. The zero-order valence-electron chi connectivity index (χ0n) is 11.4. The van der Waals surface area contributed by atoms with Crippen molar-refractivity contribution in [1.82, 2.24) is 5.32 Å². The highest BCUT2D eigenvalue weighted by molar-refractivity contribution is 5.76. The Bertz CT molecular complexity index is 257. The molecule has 0 bridgehead atoms. The van der Waals surface area contributed by atoms with Crippen molar-refractivity contribution in [3.8, 4) is 0 Å². The van der Waals surface area contributed by atoms with Crippen molar-refractivity contribution in [2.75, 3.05) is 6.54 Å². The number of rotatable bonds is 10. The molecule has 0 aliphatic carbocycles. The van der Waals surface area contributed by atoms with Gasteiger partial charge in [0.15, 0.2) is 0 Å². The van der Waals surface area contributed by atoms with Crippen molar-refractivity contribution < 1.29 is 14.7 Å². The number of hydrogen-bond acceptors (Lipinski definition) is 3. The summed E-state index contributed by atoms with van der Waals surface area (Å²) in [5.74, 6) is -0.469. The van der Waals surface area contributed by atoms with E-state index in [-0.39, 0.29) is 18.4 Å². The molecule has 0 aliphatic rings. The second-order valence-corrected chi connectivity index (χ2v) is 4.93. The second-order valence-electron chi connectivity index (χ2n) is 4.93. The third-order valence-corrected chi connectivity index (χ3v) is 2.92. The maximum Gasteiger partial charge on any atom is 0.303 e. The fourth-order valence-corrected chi connectivity index (χ4v) is 1.76. The zero-order chi connectivity index (χ0) is 14.0. The molecule has 0 fully saturated rings. The topological polar surface area (TPSA) is 92.4 Å². The smallest absolute Gasteiger partial charge is 0.303 e. The molecule has 1 amide bonds. The molecule has 0 saturated heterocycles. The van der Waals surface area contributed by atoms with E-state index in [0.29, 0.717) is 25.3 Å². The number of carbonyl (C=O) groups excluding carboxylic acids is 1. The number of carboxylic acids is 1. The monoisotopic (exact) mass is 258 g/mol. The average molecular weight is 258 g/mol. The number of hydrogen-bond donors (Lipinski definition) is 3. The van der Waals surface area contributed by atoms with Gasteiger partial charge >= 0.3 is 5.97 Å². The van der Waals surface area contributed by atoms with E-state index in [1.165, 1.54) is 0 Å². The van der Waals surface area contributed by atoms with Gasteiger partial charge in [0.05, 0.1) is 0 Å². The van der Waals surface area contributed by atoms with Crippen molar-refractivity contribution in [3.05, 3.63) is 0 Å². The van der Waals surface area contributed by atoms with Gasteiger partial charge in [0.25, 0.3) is 0 Å². The van der Waals surface area contributed by atoms with E-state index in [2.05, 4.69) is 5.32 Å². The van der Waals surface area contributed by atoms with E-state index in [1.807, 2.05) is 13.8 Å². The lowest BCUT2D eigenvalue weighted by Gasteiger charge is -2.13. The number of carbonyl (C=O) groups is 2. The Morgan fingerprint density at radius 1 is 1.28 bits per heavy atom. The molecule has 5 heteroatoms. The minimum atomic E-state index is -0.767. The van der Waals surface area contributed by atoms with Crippen LogP contribution in [-0.2, 0) is 9.59 Å². The highest BCUT2D eigenvalue weighted by Gasteiger charge is 2.09. The van der Waals surface area contributed by atoms with E-state index < -0.39 is 5.97 Å². The average Bonchev–Trinajstić information content (AvgIpc) is 2.26. The molecule has 0 aromatic carbocycles. The third kappa shape index (κ3) is 10.1. The quantitative estimate of drug-likeness (QED) is 0.554. The van der Waals surface area contributed by atoms with Gasteiger partial charge in [-0.1, -0.05) is 20.3 Å². The molecule has 2 unspecified atom stereocenters. The first-order valence-electron chi connectivity index (χ1n) is 6.69. The van der Waals surface area contributed by atoms with E-state index in [9.17, 15) is 9.59 Å². The summed E-state index contributed by atoms with van der Waals surface area (Å²) in [7, 11) is 0. The molecule has 106 valence electrons. The van der Waals surface area contributed by atoms with E-state index in [0.717, 1.165) is 19.3 Å². The molecule has 0 heterocycles. The Labute approximate surface area is 109 Å². The molecule has 0 aliphatic heterocycles. The van der Waals surface area contributed by atoms with Crippen LogP contribution in [0.5, 0.6) is 0 Å². The minimum Gasteiger partial charge on any atom is -0.481 e. The van der Waals surface area contributed by atoms with Gasteiger partial charge in [-0.15, -0.1) is 0 Å². The molecule has 0 spiro atoms. The molecule has 18 heavy (non-hydrogen) atoms. The summed E-state index contributed by atoms with van der Waals surface area (Å²) in [6, 6.07) is -0.0561. The second kappa shape index (κ2) is 9.88. The highest BCUT2D eigenvalue weighted by atomic mass is 16.4. The van der Waals surface area contributed by atoms with Crippen molar-refractivity contribution in [2.45, 2.75) is 58.4 Å². The van der Waals surface area contributed by atoms with Gasteiger partial charge in [0, 0.05) is 25.4 Å². The predicted molar refractivity (Wildman–Crippen MR) is 71.2 cm³/mol. The van der Waals surface area contributed by atoms with Crippen LogP contribution in [0.15, 0.2) is 0 Å². The Morgan fingerprint density at radius 3 is 2.50 bits per heavy atom. The van der Waals surface area contributed by atoms with Crippen LogP contribution in [0.25, 0.3) is 0 Å². The van der Waals surface area contributed by atoms with Crippen LogP contribution in [-0.4, -0.2) is 29.6 Å². The van der Waals surface area contributed by atoms with Gasteiger partial charge in [0.2, 0.25) is 5.91 Å². The number of nitrogens with one attached hydrogen (secondary N) is 1. The van der Waals surface area contributed by atoms with Crippen LogP contribution >= 0.6 is 0 Å². The number of carboxylic acid groups (broad SMARTS) is 1. The summed E-state index contributed by atoms with van der Waals surface area (Å²) in [4.78, 5) is 21.9. The SMILES string of the molecule is CCCC(N)CC(=O)NCCC(C)CCC(=O)O. The first-order valence-corrected chi connectivity index (χ1v) is 6.69. The van der Waals surface area contributed by atoms with E-state index in [1.54, 1.807) is 0 Å². The molecule has 2 atom stereocenters. The molecule has 0 saturated carbocycles. The Hall–Kier alpha value is -1.10. The largest absolute Gasteiger partial charge is 0.481 e. The molecular weight excluding hydrogens is 232 g/mol. The summed E-state index contributed by atoms with van der Waals surface area (Å²) in [5, 5.41) is 11.4. The van der Waals surface area contributed by atoms with Crippen LogP contribution in [0.2, 0.25) is 0 Å². The van der Waals surface area contributed by atoms with Crippen molar-refractivity contribution in [1.29, 1.82) is 0 Å². The first-order chi connectivity index (χ1) is 8.45. The first kappa shape index (κ1) is 16.9. The molecule has 4 N–H and O–H groups in total. The number of nitrogens with two attached hydrogens (primary N) is 1. The maximum absolute atomic E-state index is 11.5. The lowest BCUT2D eigenvalue weighted by molar-refractivity contribution is -0.137. The molecule has 0 aromatic rings. The van der Waals surface area contributed by atoms with Crippen molar-refractivity contribution in [2.24, 2.45) is 11.7 Å². The van der Waals surface area contributed by atoms with Crippen LogP contribution in [0.3, 0.4) is 0 Å². The van der Waals surface area contributed by atoms with Crippen LogP contribution in [0.4, 0.5) is 0 Å². The number of aliphatic carboxylic acids is 1. The Morgan fingerprint density at radius 2 is 1.94 bits per heavy atom. The Kier molecular flexibility index (Phi) is 9.28. The van der Waals surface area contributed by atoms with Crippen LogP contribution < -0.4 is 11.1 Å². The molecule has 0 rings (SSSR count). The fraction of sp³-hybridized carbons (Fsp3) is 0.846. The van der Waals surface area contributed by atoms with Crippen LogP contribution in [0, 0.1) is 5.92 Å². The molecule has 5 nitrogen and oxygen atoms in total. The van der Waals surface area contributed by atoms with Crippen molar-refractivity contribution >= 4 is 11.9 Å². The summed E-state index contributed by atoms with van der Waals surface area (Å²) in [6.45, 7) is 4.64. The Balaban J connectivity index is 3.58. The van der Waals surface area contributed by atoms with Gasteiger partial charge in [-0.25, -0.2) is 0 Å². The van der Waals surface area contributed by atoms with Gasteiger partial charge in [-0.3, -0.25) is 9.59 Å². The standard InChI is InChI=1S/C13H26N2O3/c1-3-4-11(14)9-12(16)15-8-7-10(2)5-6-13(17)18/h10-11H,3-9,14H2,1-2H3,(H,15,16)(H,17,18). The minimum absolute atomic E-state index is 0.0126. The highest BCUT2D eigenvalue weighted by Crippen LogP contribution is 2.09.